The van der Waals surface area contributed by atoms with E-state index in [1.807, 2.05) is 0 Å². The predicted molar refractivity (Wildman–Crippen MR) is 73.9 cm³/mol. The van der Waals surface area contributed by atoms with Crippen molar-refractivity contribution in [3.8, 4) is 0 Å². The van der Waals surface area contributed by atoms with Crippen molar-refractivity contribution in [3.63, 3.8) is 0 Å². The minimum Gasteiger partial charge on any atom is -0.109 e. The molecule has 4 radical (unpaired) electrons. The monoisotopic (exact) mass is 216 g/mol. The van der Waals surface area contributed by atoms with Gasteiger partial charge >= 0.3 is 0 Å². The molecule has 0 N–H and O–H groups in total. The van der Waals surface area contributed by atoms with Crippen molar-refractivity contribution < 1.29 is 0 Å². The Morgan fingerprint density at radius 2 is 1.62 bits per heavy atom. The van der Waals surface area contributed by atoms with Crippen molar-refractivity contribution in [2.24, 2.45) is 29.6 Å². The van der Waals surface area contributed by atoms with Crippen LogP contribution in [0, 0.1) is 29.6 Å². The number of hydrogen-bond donors (Lipinski definition) is 0. The van der Waals surface area contributed by atoms with Gasteiger partial charge in [0, 0.05) is 0 Å². The minimum atomic E-state index is -0.128. The first kappa shape index (κ1) is 14.2. The summed E-state index contributed by atoms with van der Waals surface area (Å²) in [5.41, 5.74) is -0.128. The Kier molecular flexibility index (Phi) is 5.47. The van der Waals surface area contributed by atoms with Gasteiger partial charge < -0.3 is 0 Å². The van der Waals surface area contributed by atoms with Gasteiger partial charge in [0.15, 0.2) is 0 Å². The maximum Gasteiger partial charge on any atom is 0.0575 e. The van der Waals surface area contributed by atoms with Crippen molar-refractivity contribution in [1.29, 1.82) is 0 Å². The van der Waals surface area contributed by atoms with Crippen molar-refractivity contribution in [2.45, 2.75) is 59.1 Å². The Bertz CT molecular complexity index is 199. The van der Waals surface area contributed by atoms with E-state index < -0.39 is 0 Å². The van der Waals surface area contributed by atoms with Gasteiger partial charge in [-0.15, -0.1) is 5.72 Å². The van der Waals surface area contributed by atoms with Crippen LogP contribution < -0.4 is 0 Å². The largest absolute Gasteiger partial charge is 0.109 e. The Morgan fingerprint density at radius 1 is 1.00 bits per heavy atom. The van der Waals surface area contributed by atoms with Gasteiger partial charge in [0.25, 0.3) is 0 Å². The Hall–Kier alpha value is 0.130. The van der Waals surface area contributed by atoms with Crippen LogP contribution in [0.1, 0.15) is 53.4 Å². The fraction of sp³-hybridized carbons (Fsp3) is 1.00. The molecule has 1 saturated carbocycles. The van der Waals surface area contributed by atoms with Crippen LogP contribution in [0.3, 0.4) is 0 Å². The molecule has 0 aromatic heterocycles. The zero-order valence-electron chi connectivity index (χ0n) is 11.4. The van der Waals surface area contributed by atoms with Crippen molar-refractivity contribution in [2.75, 3.05) is 0 Å². The summed E-state index contributed by atoms with van der Waals surface area (Å²) < 4.78 is 0. The lowest BCUT2D eigenvalue weighted by molar-refractivity contribution is 0.0701. The third-order valence-corrected chi connectivity index (χ3v) is 4.35. The van der Waals surface area contributed by atoms with Crippen molar-refractivity contribution >= 4 is 15.7 Å². The molecule has 0 aliphatic heterocycles. The highest BCUT2D eigenvalue weighted by molar-refractivity contribution is 6.35. The zero-order valence-corrected chi connectivity index (χ0v) is 11.4. The van der Waals surface area contributed by atoms with Crippen LogP contribution in [0.15, 0.2) is 0 Å². The van der Waals surface area contributed by atoms with Crippen molar-refractivity contribution in [1.82, 2.24) is 0 Å². The van der Waals surface area contributed by atoms with Gasteiger partial charge in [-0.1, -0.05) is 47.0 Å². The summed E-state index contributed by atoms with van der Waals surface area (Å²) in [4.78, 5) is 0. The highest BCUT2D eigenvalue weighted by atomic mass is 14.4. The molecule has 2 heteroatoms. The SMILES string of the molecule is [B]C([B])CC1CCCC(C(C)C)C1C(C)C. The second-order valence-corrected chi connectivity index (χ2v) is 6.32. The number of hydrogen-bond acceptors (Lipinski definition) is 0. The molecule has 1 aliphatic rings. The van der Waals surface area contributed by atoms with Crippen LogP contribution in [0.4, 0.5) is 0 Å². The zero-order chi connectivity index (χ0) is 12.3. The molecular formula is C14H26B2. The average Bonchev–Trinajstić information content (AvgIpc) is 2.15. The van der Waals surface area contributed by atoms with Crippen LogP contribution in [-0.2, 0) is 0 Å². The first-order valence-corrected chi connectivity index (χ1v) is 6.94. The van der Waals surface area contributed by atoms with Crippen LogP contribution in [-0.4, -0.2) is 15.7 Å². The Balaban J connectivity index is 2.74. The van der Waals surface area contributed by atoms with Gasteiger partial charge in [-0.05, 0) is 36.0 Å². The molecule has 3 atom stereocenters. The molecule has 0 bridgehead atoms. The fourth-order valence-corrected chi connectivity index (χ4v) is 3.79. The highest BCUT2D eigenvalue weighted by Gasteiger charge is 2.36. The molecule has 0 spiro atoms. The third-order valence-electron chi connectivity index (χ3n) is 4.35. The van der Waals surface area contributed by atoms with Crippen molar-refractivity contribution in [3.05, 3.63) is 0 Å². The summed E-state index contributed by atoms with van der Waals surface area (Å²) in [5, 5.41) is 0. The van der Waals surface area contributed by atoms with Crippen LogP contribution in [0.2, 0.25) is 5.72 Å². The Morgan fingerprint density at radius 3 is 2.06 bits per heavy atom. The maximum atomic E-state index is 5.78. The molecule has 16 heavy (non-hydrogen) atoms. The molecule has 1 fully saturated rings. The molecule has 3 unspecified atom stereocenters. The summed E-state index contributed by atoms with van der Waals surface area (Å²) >= 11 is 0. The molecule has 0 aromatic rings. The van der Waals surface area contributed by atoms with Crippen LogP contribution >= 0.6 is 0 Å². The lowest BCUT2D eigenvalue weighted by atomic mass is 9.57. The highest BCUT2D eigenvalue weighted by Crippen LogP contribution is 2.45. The first-order chi connectivity index (χ1) is 7.43. The summed E-state index contributed by atoms with van der Waals surface area (Å²) in [5.74, 6) is 4.00. The fourth-order valence-electron chi connectivity index (χ4n) is 3.79. The van der Waals surface area contributed by atoms with Gasteiger partial charge in [0.2, 0.25) is 0 Å². The smallest absolute Gasteiger partial charge is 0.0575 e. The van der Waals surface area contributed by atoms with Gasteiger partial charge in [0.1, 0.15) is 0 Å². The molecule has 0 heterocycles. The molecule has 1 rings (SSSR count). The molecule has 0 amide bonds. The quantitative estimate of drug-likeness (QED) is 0.626. The van der Waals surface area contributed by atoms with E-state index in [9.17, 15) is 0 Å². The van der Waals surface area contributed by atoms with Gasteiger partial charge in [-0.2, -0.15) is 0 Å². The topological polar surface area (TPSA) is 0 Å². The van der Waals surface area contributed by atoms with E-state index in [1.165, 1.54) is 19.3 Å². The van der Waals surface area contributed by atoms with E-state index in [4.69, 9.17) is 15.7 Å². The molecule has 0 saturated heterocycles. The Labute approximate surface area is 105 Å². The number of rotatable bonds is 4. The van der Waals surface area contributed by atoms with E-state index in [0.717, 1.165) is 36.0 Å². The summed E-state index contributed by atoms with van der Waals surface area (Å²) in [6.07, 6.45) is 5.10. The van der Waals surface area contributed by atoms with Gasteiger partial charge in [-0.25, -0.2) is 0 Å². The second kappa shape index (κ2) is 6.17. The van der Waals surface area contributed by atoms with Crippen LogP contribution in [0.5, 0.6) is 0 Å². The van der Waals surface area contributed by atoms with E-state index >= 15 is 0 Å². The maximum absolute atomic E-state index is 5.78. The normalized spacial score (nSPS) is 31.6. The minimum absolute atomic E-state index is 0.128. The average molecular weight is 216 g/mol. The molecule has 88 valence electrons. The predicted octanol–water partition coefficient (Wildman–Crippen LogP) is 3.80. The van der Waals surface area contributed by atoms with E-state index in [1.54, 1.807) is 0 Å². The third kappa shape index (κ3) is 3.57. The lowest BCUT2D eigenvalue weighted by Gasteiger charge is -2.43. The van der Waals surface area contributed by atoms with E-state index in [0.29, 0.717) is 0 Å². The standard InChI is InChI=1S/C14H26B2/c1-9(2)12-7-5-6-11(8-13(15)16)14(12)10(3)4/h9-14H,5-8H2,1-4H3. The van der Waals surface area contributed by atoms with Gasteiger partial charge in [0.05, 0.1) is 15.7 Å². The van der Waals surface area contributed by atoms with Crippen LogP contribution in [0.25, 0.3) is 0 Å². The van der Waals surface area contributed by atoms with E-state index in [-0.39, 0.29) is 5.72 Å². The summed E-state index contributed by atoms with van der Waals surface area (Å²) in [6, 6.07) is 0. The summed E-state index contributed by atoms with van der Waals surface area (Å²) in [7, 11) is 11.6. The second-order valence-electron chi connectivity index (χ2n) is 6.32. The van der Waals surface area contributed by atoms with E-state index in [2.05, 4.69) is 27.7 Å². The molecule has 1 aliphatic carbocycles. The lowest BCUT2D eigenvalue weighted by Crippen LogP contribution is -2.35. The first-order valence-electron chi connectivity index (χ1n) is 6.94. The molecule has 0 aromatic carbocycles. The molecular weight excluding hydrogens is 190 g/mol. The summed E-state index contributed by atoms with van der Waals surface area (Å²) in [6.45, 7) is 9.45. The van der Waals surface area contributed by atoms with Gasteiger partial charge in [-0.3, -0.25) is 0 Å². The molecule has 0 nitrogen and oxygen atoms in total.